The number of carbonyl (C=O) groups is 2. The van der Waals surface area contributed by atoms with E-state index < -0.39 is 0 Å². The number of hydrogen-bond acceptors (Lipinski definition) is 2. The number of quaternary nitrogens is 1. The molecule has 2 amide bonds. The maximum atomic E-state index is 12.6. The highest BCUT2D eigenvalue weighted by Gasteiger charge is 2.36. The van der Waals surface area contributed by atoms with Crippen LogP contribution >= 0.6 is 0 Å². The quantitative estimate of drug-likeness (QED) is 0.575. The average Bonchev–Trinajstić information content (AvgIpc) is 2.62. The molecule has 1 aliphatic heterocycles. The zero-order valence-corrected chi connectivity index (χ0v) is 13.2. The number of carbonyl (C=O) groups excluding carboxylic acids is 2. The second kappa shape index (κ2) is 6.25. The summed E-state index contributed by atoms with van der Waals surface area (Å²) in [4.78, 5) is 26.2. The Labute approximate surface area is 122 Å². The van der Waals surface area contributed by atoms with Crippen molar-refractivity contribution in [2.75, 3.05) is 27.7 Å². The highest BCUT2D eigenvalue weighted by molar-refractivity contribution is 5.96. The second-order valence-electron chi connectivity index (χ2n) is 7.32. The summed E-state index contributed by atoms with van der Waals surface area (Å²) in [5.74, 6) is 0.248. The molecule has 1 saturated heterocycles. The van der Waals surface area contributed by atoms with Crippen molar-refractivity contribution >= 4 is 11.8 Å². The smallest absolute Gasteiger partial charge is 0.232 e. The lowest BCUT2D eigenvalue weighted by molar-refractivity contribution is -0.897. The summed E-state index contributed by atoms with van der Waals surface area (Å²) >= 11 is 0. The van der Waals surface area contributed by atoms with Crippen LogP contribution < -0.4 is 0 Å². The van der Waals surface area contributed by atoms with Crippen molar-refractivity contribution in [2.24, 2.45) is 5.92 Å². The summed E-state index contributed by atoms with van der Waals surface area (Å²) in [6.07, 6.45) is 7.64. The van der Waals surface area contributed by atoms with E-state index in [4.69, 9.17) is 0 Å². The molecule has 0 atom stereocenters. The van der Waals surface area contributed by atoms with Crippen LogP contribution in [0, 0.1) is 5.92 Å². The first-order chi connectivity index (χ1) is 9.39. The van der Waals surface area contributed by atoms with Crippen LogP contribution in [0.2, 0.25) is 0 Å². The minimum atomic E-state index is 0.0567. The average molecular weight is 281 g/mol. The molecule has 4 heteroatoms. The number of rotatable bonds is 2. The second-order valence-corrected chi connectivity index (χ2v) is 7.32. The van der Waals surface area contributed by atoms with Gasteiger partial charge in [0.2, 0.25) is 11.8 Å². The van der Waals surface area contributed by atoms with Crippen molar-refractivity contribution < 1.29 is 14.1 Å². The van der Waals surface area contributed by atoms with E-state index in [1.165, 1.54) is 0 Å². The molecule has 0 bridgehead atoms. The lowest BCUT2D eigenvalue weighted by Gasteiger charge is -2.39. The van der Waals surface area contributed by atoms with E-state index in [0.29, 0.717) is 19.0 Å². The van der Waals surface area contributed by atoms with Crippen LogP contribution in [0.5, 0.6) is 0 Å². The molecular formula is C16H29N2O2+. The monoisotopic (exact) mass is 281 g/mol. The zero-order chi connectivity index (χ0) is 14.8. The molecule has 1 aliphatic carbocycles. The Morgan fingerprint density at radius 3 is 2.30 bits per heavy atom. The topological polar surface area (TPSA) is 37.4 Å². The molecule has 20 heavy (non-hydrogen) atoms. The van der Waals surface area contributed by atoms with Gasteiger partial charge >= 0.3 is 0 Å². The van der Waals surface area contributed by atoms with Gasteiger partial charge in [0.05, 0.1) is 27.2 Å². The van der Waals surface area contributed by atoms with Crippen LogP contribution in [0.1, 0.15) is 51.4 Å². The first-order valence-corrected chi connectivity index (χ1v) is 8.05. The number of nitrogens with zero attached hydrogens (tertiary/aromatic N) is 2. The Kier molecular flexibility index (Phi) is 4.84. The van der Waals surface area contributed by atoms with Gasteiger partial charge in [-0.1, -0.05) is 6.42 Å². The van der Waals surface area contributed by atoms with E-state index in [-0.39, 0.29) is 17.7 Å². The normalized spacial score (nSPS) is 29.1. The van der Waals surface area contributed by atoms with Gasteiger partial charge in [0.1, 0.15) is 0 Å². The van der Waals surface area contributed by atoms with Gasteiger partial charge in [0.15, 0.2) is 0 Å². The van der Waals surface area contributed by atoms with E-state index in [9.17, 15) is 9.59 Å². The highest BCUT2D eigenvalue weighted by Crippen LogP contribution is 2.30. The predicted octanol–water partition coefficient (Wildman–Crippen LogP) is 2.18. The number of hydrogen-bond donors (Lipinski definition) is 0. The molecule has 1 saturated carbocycles. The highest BCUT2D eigenvalue weighted by atomic mass is 16.2. The van der Waals surface area contributed by atoms with Crippen LogP contribution in [-0.4, -0.2) is 54.9 Å². The van der Waals surface area contributed by atoms with Crippen molar-refractivity contribution in [3.63, 3.8) is 0 Å². The molecule has 0 spiro atoms. The number of likely N-dealkylation sites (tertiary alicyclic amines) is 1. The summed E-state index contributed by atoms with van der Waals surface area (Å²) in [6.45, 7) is 0.646. The van der Waals surface area contributed by atoms with E-state index in [2.05, 4.69) is 21.1 Å². The van der Waals surface area contributed by atoms with Gasteiger partial charge in [-0.2, -0.15) is 0 Å². The summed E-state index contributed by atoms with van der Waals surface area (Å²) < 4.78 is 0.976. The van der Waals surface area contributed by atoms with E-state index in [0.717, 1.165) is 49.4 Å². The molecule has 0 unspecified atom stereocenters. The summed E-state index contributed by atoms with van der Waals surface area (Å²) in [7, 11) is 6.68. The maximum absolute atomic E-state index is 12.6. The van der Waals surface area contributed by atoms with Crippen molar-refractivity contribution in [1.29, 1.82) is 0 Å². The molecule has 2 fully saturated rings. The van der Waals surface area contributed by atoms with Crippen LogP contribution in [-0.2, 0) is 9.59 Å². The van der Waals surface area contributed by atoms with Crippen molar-refractivity contribution in [3.05, 3.63) is 0 Å². The largest absolute Gasteiger partial charge is 0.328 e. The van der Waals surface area contributed by atoms with Crippen LogP contribution in [0.4, 0.5) is 0 Å². The van der Waals surface area contributed by atoms with E-state index in [1.54, 1.807) is 4.90 Å². The standard InChI is InChI=1S/C16H29N2O2/c1-18(2,3)14-10-8-13(9-11-14)16(20)17-12-6-4-5-7-15(17)19/h13-14H,4-12H2,1-3H3/q+1. The Bertz CT molecular complexity index is 365. The first-order valence-electron chi connectivity index (χ1n) is 8.05. The zero-order valence-electron chi connectivity index (χ0n) is 13.2. The Balaban J connectivity index is 1.92. The third-order valence-electron chi connectivity index (χ3n) is 4.98. The molecule has 2 aliphatic rings. The van der Waals surface area contributed by atoms with Crippen molar-refractivity contribution in [2.45, 2.75) is 57.4 Å². The van der Waals surface area contributed by atoms with Crippen LogP contribution in [0.3, 0.4) is 0 Å². The fourth-order valence-electron chi connectivity index (χ4n) is 3.53. The van der Waals surface area contributed by atoms with Gasteiger partial charge in [0.25, 0.3) is 0 Å². The summed E-state index contributed by atoms with van der Waals surface area (Å²) in [6, 6.07) is 0.652. The van der Waals surface area contributed by atoms with Gasteiger partial charge in [-0.05, 0) is 25.7 Å². The SMILES string of the molecule is C[N+](C)(C)C1CCC(C(=O)N2CCCCCC2=O)CC1. The van der Waals surface area contributed by atoms with Crippen molar-refractivity contribution in [1.82, 2.24) is 4.90 Å². The molecule has 0 N–H and O–H groups in total. The van der Waals surface area contributed by atoms with Crippen LogP contribution in [0.15, 0.2) is 0 Å². The minimum absolute atomic E-state index is 0.0567. The van der Waals surface area contributed by atoms with Gasteiger partial charge in [-0.25, -0.2) is 0 Å². The molecule has 0 aromatic rings. The molecule has 4 nitrogen and oxygen atoms in total. The first kappa shape index (κ1) is 15.5. The summed E-state index contributed by atoms with van der Waals surface area (Å²) in [5.41, 5.74) is 0. The molecule has 0 aromatic heterocycles. The molecule has 2 rings (SSSR count). The third kappa shape index (κ3) is 3.60. The molecular weight excluding hydrogens is 252 g/mol. The lowest BCUT2D eigenvalue weighted by atomic mass is 9.84. The fraction of sp³-hybridized carbons (Fsp3) is 0.875. The van der Waals surface area contributed by atoms with E-state index in [1.807, 2.05) is 0 Å². The Morgan fingerprint density at radius 2 is 1.70 bits per heavy atom. The predicted molar refractivity (Wildman–Crippen MR) is 79.0 cm³/mol. The molecule has 114 valence electrons. The van der Waals surface area contributed by atoms with Gasteiger partial charge in [-0.15, -0.1) is 0 Å². The lowest BCUT2D eigenvalue weighted by Crippen LogP contribution is -2.49. The molecule has 0 radical (unpaired) electrons. The molecule has 0 aromatic carbocycles. The van der Waals surface area contributed by atoms with Crippen molar-refractivity contribution in [3.8, 4) is 0 Å². The maximum Gasteiger partial charge on any atom is 0.232 e. The number of amides is 2. The Hall–Kier alpha value is -0.900. The third-order valence-corrected chi connectivity index (χ3v) is 4.98. The van der Waals surface area contributed by atoms with E-state index >= 15 is 0 Å². The molecule has 1 heterocycles. The summed E-state index contributed by atoms with van der Waals surface area (Å²) in [5, 5.41) is 0. The fourth-order valence-corrected chi connectivity index (χ4v) is 3.53. The number of imide groups is 1. The van der Waals surface area contributed by atoms with Gasteiger partial charge in [-0.3, -0.25) is 14.5 Å². The minimum Gasteiger partial charge on any atom is -0.328 e. The van der Waals surface area contributed by atoms with Crippen LogP contribution in [0.25, 0.3) is 0 Å². The van der Waals surface area contributed by atoms with Gasteiger partial charge < -0.3 is 4.48 Å². The Morgan fingerprint density at radius 1 is 1.05 bits per heavy atom. The van der Waals surface area contributed by atoms with Gasteiger partial charge in [0, 0.05) is 31.7 Å².